The fourth-order valence-electron chi connectivity index (χ4n) is 3.92. The maximum absolute atomic E-state index is 13.6. The van der Waals surface area contributed by atoms with Crippen molar-refractivity contribution >= 4 is 35.0 Å². The van der Waals surface area contributed by atoms with Gasteiger partial charge in [0.25, 0.3) is 0 Å². The van der Waals surface area contributed by atoms with Crippen LogP contribution in [0.2, 0.25) is 10.0 Å². The Hall–Kier alpha value is -2.82. The van der Waals surface area contributed by atoms with Crippen molar-refractivity contribution in [2.75, 3.05) is 0 Å². The van der Waals surface area contributed by atoms with E-state index < -0.39 is 6.04 Å². The van der Waals surface area contributed by atoms with E-state index in [1.165, 1.54) is 5.56 Å². The molecule has 0 aromatic heterocycles. The standard InChI is InChI=1S/C29H32Cl2N2O2/c1-20(2)32-29(35)27(18-23-7-5-4-6-8-23)33(19-24-13-15-25(30)26(31)17-24)28(34)16-14-22-11-9-21(3)10-12-22/h4-13,15,17,20,27H,14,16,18-19H2,1-3H3,(H,32,35)/t27-/m0/s1. The molecule has 3 rings (SSSR count). The van der Waals surface area contributed by atoms with E-state index in [0.29, 0.717) is 29.3 Å². The molecule has 6 heteroatoms. The van der Waals surface area contributed by atoms with E-state index >= 15 is 0 Å². The van der Waals surface area contributed by atoms with Gasteiger partial charge in [0.15, 0.2) is 0 Å². The second-order valence-electron chi connectivity index (χ2n) is 9.12. The van der Waals surface area contributed by atoms with Crippen LogP contribution in [-0.4, -0.2) is 28.8 Å². The lowest BCUT2D eigenvalue weighted by Crippen LogP contribution is -2.51. The van der Waals surface area contributed by atoms with E-state index in [9.17, 15) is 9.59 Å². The summed E-state index contributed by atoms with van der Waals surface area (Å²) in [6, 6.07) is 22.5. The first-order chi connectivity index (χ1) is 16.7. The molecule has 0 aliphatic rings. The van der Waals surface area contributed by atoms with Crippen molar-refractivity contribution < 1.29 is 9.59 Å². The Morgan fingerprint density at radius 1 is 0.857 bits per heavy atom. The fourth-order valence-corrected chi connectivity index (χ4v) is 4.24. The molecule has 0 radical (unpaired) electrons. The van der Waals surface area contributed by atoms with E-state index in [1.54, 1.807) is 17.0 Å². The van der Waals surface area contributed by atoms with Crippen molar-refractivity contribution in [3.05, 3.63) is 105 Å². The number of benzene rings is 3. The highest BCUT2D eigenvalue weighted by Crippen LogP contribution is 2.25. The summed E-state index contributed by atoms with van der Waals surface area (Å²) in [6.07, 6.45) is 1.31. The van der Waals surface area contributed by atoms with Crippen LogP contribution in [0.1, 0.15) is 42.5 Å². The molecule has 2 amide bonds. The zero-order valence-corrected chi connectivity index (χ0v) is 21.9. The van der Waals surface area contributed by atoms with Crippen LogP contribution in [0, 0.1) is 6.92 Å². The number of amides is 2. The number of hydrogen-bond donors (Lipinski definition) is 1. The predicted octanol–water partition coefficient (Wildman–Crippen LogP) is 6.40. The zero-order chi connectivity index (χ0) is 25.4. The first-order valence-electron chi connectivity index (χ1n) is 11.9. The summed E-state index contributed by atoms with van der Waals surface area (Å²) in [5.41, 5.74) is 4.07. The first-order valence-corrected chi connectivity index (χ1v) is 12.6. The number of carbonyl (C=O) groups is 2. The lowest BCUT2D eigenvalue weighted by molar-refractivity contribution is -0.141. The van der Waals surface area contributed by atoms with Gasteiger partial charge in [-0.05, 0) is 56.0 Å². The van der Waals surface area contributed by atoms with Crippen LogP contribution in [-0.2, 0) is 29.0 Å². The van der Waals surface area contributed by atoms with E-state index in [-0.39, 0.29) is 24.4 Å². The SMILES string of the molecule is Cc1ccc(CCC(=O)N(Cc2ccc(Cl)c(Cl)c2)[C@@H](Cc2ccccc2)C(=O)NC(C)C)cc1. The van der Waals surface area contributed by atoms with Gasteiger partial charge in [-0.2, -0.15) is 0 Å². The Labute approximate surface area is 218 Å². The van der Waals surface area contributed by atoms with Gasteiger partial charge in [0, 0.05) is 25.4 Å². The summed E-state index contributed by atoms with van der Waals surface area (Å²) in [4.78, 5) is 28.7. The molecule has 0 saturated heterocycles. The van der Waals surface area contributed by atoms with Crippen LogP contribution in [0.5, 0.6) is 0 Å². The van der Waals surface area contributed by atoms with E-state index in [4.69, 9.17) is 23.2 Å². The normalized spacial score (nSPS) is 11.8. The van der Waals surface area contributed by atoms with Crippen LogP contribution in [0.3, 0.4) is 0 Å². The molecule has 3 aromatic carbocycles. The smallest absolute Gasteiger partial charge is 0.243 e. The summed E-state index contributed by atoms with van der Waals surface area (Å²) in [6.45, 7) is 6.13. The third kappa shape index (κ3) is 8.12. The Morgan fingerprint density at radius 2 is 1.51 bits per heavy atom. The molecular formula is C29H32Cl2N2O2. The van der Waals surface area contributed by atoms with Gasteiger partial charge in [-0.15, -0.1) is 0 Å². The Bertz CT molecular complexity index is 1130. The van der Waals surface area contributed by atoms with Crippen molar-refractivity contribution in [1.82, 2.24) is 10.2 Å². The number of nitrogens with one attached hydrogen (secondary N) is 1. The second kappa shape index (κ2) is 12.8. The molecule has 0 heterocycles. The highest BCUT2D eigenvalue weighted by molar-refractivity contribution is 6.42. The molecule has 4 nitrogen and oxygen atoms in total. The van der Waals surface area contributed by atoms with E-state index in [0.717, 1.165) is 16.7 Å². The molecule has 1 atom stereocenters. The molecule has 0 aliphatic heterocycles. The minimum atomic E-state index is -0.667. The number of carbonyl (C=O) groups excluding carboxylic acids is 2. The average Bonchev–Trinajstić information content (AvgIpc) is 2.83. The molecule has 0 fully saturated rings. The predicted molar refractivity (Wildman–Crippen MR) is 144 cm³/mol. The number of halogens is 2. The second-order valence-corrected chi connectivity index (χ2v) is 9.94. The van der Waals surface area contributed by atoms with Gasteiger partial charge in [-0.25, -0.2) is 0 Å². The third-order valence-corrected chi connectivity index (χ3v) is 6.53. The molecule has 0 aliphatic carbocycles. The summed E-state index contributed by atoms with van der Waals surface area (Å²) in [7, 11) is 0. The molecule has 3 aromatic rings. The quantitative estimate of drug-likeness (QED) is 0.343. The summed E-state index contributed by atoms with van der Waals surface area (Å²) in [5, 5.41) is 3.87. The van der Waals surface area contributed by atoms with Gasteiger partial charge in [-0.1, -0.05) is 89.4 Å². The fraction of sp³-hybridized carbons (Fsp3) is 0.310. The lowest BCUT2D eigenvalue weighted by Gasteiger charge is -2.32. The van der Waals surface area contributed by atoms with Crippen LogP contribution in [0.25, 0.3) is 0 Å². The maximum Gasteiger partial charge on any atom is 0.243 e. The van der Waals surface area contributed by atoms with Gasteiger partial charge >= 0.3 is 0 Å². The van der Waals surface area contributed by atoms with Gasteiger partial charge in [-0.3, -0.25) is 9.59 Å². The molecular weight excluding hydrogens is 479 g/mol. The Morgan fingerprint density at radius 3 is 2.14 bits per heavy atom. The monoisotopic (exact) mass is 510 g/mol. The molecule has 0 unspecified atom stereocenters. The topological polar surface area (TPSA) is 49.4 Å². The van der Waals surface area contributed by atoms with Crippen molar-refractivity contribution in [3.8, 4) is 0 Å². The number of nitrogens with zero attached hydrogens (tertiary/aromatic N) is 1. The van der Waals surface area contributed by atoms with Crippen LogP contribution < -0.4 is 5.32 Å². The lowest BCUT2D eigenvalue weighted by atomic mass is 10.0. The van der Waals surface area contributed by atoms with Gasteiger partial charge in [0.2, 0.25) is 11.8 Å². The molecule has 0 saturated carbocycles. The number of aryl methyl sites for hydroxylation is 2. The van der Waals surface area contributed by atoms with Gasteiger partial charge in [0.05, 0.1) is 10.0 Å². The molecule has 0 bridgehead atoms. The third-order valence-electron chi connectivity index (χ3n) is 5.79. The molecule has 35 heavy (non-hydrogen) atoms. The van der Waals surface area contributed by atoms with Crippen LogP contribution in [0.15, 0.2) is 72.8 Å². The minimum Gasteiger partial charge on any atom is -0.352 e. The summed E-state index contributed by atoms with van der Waals surface area (Å²) in [5.74, 6) is -0.260. The maximum atomic E-state index is 13.6. The highest BCUT2D eigenvalue weighted by atomic mass is 35.5. The van der Waals surface area contributed by atoms with E-state index in [1.807, 2.05) is 81.4 Å². The van der Waals surface area contributed by atoms with Gasteiger partial charge in [0.1, 0.15) is 6.04 Å². The van der Waals surface area contributed by atoms with Crippen molar-refractivity contribution in [1.29, 1.82) is 0 Å². The van der Waals surface area contributed by atoms with Gasteiger partial charge < -0.3 is 10.2 Å². The summed E-state index contributed by atoms with van der Waals surface area (Å²) < 4.78 is 0. The van der Waals surface area contributed by atoms with Crippen molar-refractivity contribution in [3.63, 3.8) is 0 Å². The van der Waals surface area contributed by atoms with Crippen LogP contribution >= 0.6 is 23.2 Å². The minimum absolute atomic E-state index is 0.0461. The average molecular weight is 511 g/mol. The first kappa shape index (κ1) is 26.8. The Balaban J connectivity index is 1.92. The van der Waals surface area contributed by atoms with Crippen molar-refractivity contribution in [2.45, 2.75) is 58.7 Å². The van der Waals surface area contributed by atoms with Crippen molar-refractivity contribution in [2.24, 2.45) is 0 Å². The van der Waals surface area contributed by atoms with Crippen LogP contribution in [0.4, 0.5) is 0 Å². The zero-order valence-electron chi connectivity index (χ0n) is 20.4. The number of hydrogen-bond acceptors (Lipinski definition) is 2. The molecule has 1 N–H and O–H groups in total. The Kier molecular flexibility index (Phi) is 9.76. The molecule has 0 spiro atoms. The number of rotatable bonds is 10. The van der Waals surface area contributed by atoms with E-state index in [2.05, 4.69) is 5.32 Å². The molecule has 184 valence electrons. The summed E-state index contributed by atoms with van der Waals surface area (Å²) >= 11 is 12.4. The highest BCUT2D eigenvalue weighted by Gasteiger charge is 2.30. The largest absolute Gasteiger partial charge is 0.352 e.